The summed E-state index contributed by atoms with van der Waals surface area (Å²) in [6, 6.07) is 6.72. The largest absolute Gasteiger partial charge is 0.381 e. The third kappa shape index (κ3) is 7.44. The number of guanidine groups is 1. The molecule has 2 fully saturated rings. The lowest BCUT2D eigenvalue weighted by atomic mass is 9.99. The van der Waals surface area contributed by atoms with E-state index in [1.54, 1.807) is 0 Å². The average Bonchev–Trinajstić information content (AvgIpc) is 2.74. The third-order valence-electron chi connectivity index (χ3n) is 5.76. The van der Waals surface area contributed by atoms with Gasteiger partial charge in [0, 0.05) is 49.3 Å². The average molecular weight is 548 g/mol. The molecule has 0 radical (unpaired) electrons. The molecule has 0 unspecified atom stereocenters. The number of aliphatic imine (C=N–C) groups is 1. The predicted molar refractivity (Wildman–Crippen MR) is 140 cm³/mol. The smallest absolute Gasteiger partial charge is 0.191 e. The van der Waals surface area contributed by atoms with Gasteiger partial charge in [-0.25, -0.2) is 4.98 Å². The van der Waals surface area contributed by atoms with Crippen LogP contribution in [-0.4, -0.2) is 66.9 Å². The lowest BCUT2D eigenvalue weighted by Crippen LogP contribution is -2.49. The van der Waals surface area contributed by atoms with Crippen LogP contribution in [0, 0.1) is 6.92 Å². The molecule has 2 aliphatic rings. The van der Waals surface area contributed by atoms with Gasteiger partial charge in [0.1, 0.15) is 5.82 Å². The Morgan fingerprint density at radius 3 is 2.63 bits per heavy atom. The summed E-state index contributed by atoms with van der Waals surface area (Å²) in [5.41, 5.74) is 1.08. The summed E-state index contributed by atoms with van der Waals surface area (Å²) in [7, 11) is 0. The molecule has 2 N–H and O–H groups in total. The summed E-state index contributed by atoms with van der Waals surface area (Å²) in [6.07, 6.45) is 4.39. The maximum Gasteiger partial charge on any atom is 0.191 e. The summed E-state index contributed by atoms with van der Waals surface area (Å²) in [4.78, 5) is 12.1. The second-order valence-electron chi connectivity index (χ2n) is 7.97. The lowest BCUT2D eigenvalue weighted by Gasteiger charge is -2.36. The summed E-state index contributed by atoms with van der Waals surface area (Å²) >= 11 is 2.05. The number of anilines is 1. The molecule has 8 heteroatoms. The van der Waals surface area contributed by atoms with Gasteiger partial charge in [-0.1, -0.05) is 13.0 Å². The van der Waals surface area contributed by atoms with Crippen molar-refractivity contribution < 1.29 is 4.74 Å². The molecule has 3 heterocycles. The fourth-order valence-electron chi connectivity index (χ4n) is 4.09. The molecule has 0 aliphatic carbocycles. The van der Waals surface area contributed by atoms with E-state index >= 15 is 0 Å². The second kappa shape index (κ2) is 13.0. The molecule has 0 saturated carbocycles. The molecule has 0 bridgehead atoms. The second-order valence-corrected chi connectivity index (χ2v) is 9.70. The van der Waals surface area contributed by atoms with E-state index < -0.39 is 0 Å². The Hall–Kier alpha value is -0.740. The van der Waals surface area contributed by atoms with Crippen LogP contribution in [0.2, 0.25) is 0 Å². The molecule has 170 valence electrons. The van der Waals surface area contributed by atoms with Gasteiger partial charge in [-0.3, -0.25) is 4.99 Å². The van der Waals surface area contributed by atoms with Crippen LogP contribution in [0.25, 0.3) is 0 Å². The van der Waals surface area contributed by atoms with Crippen LogP contribution in [-0.2, 0) is 4.74 Å². The Labute approximate surface area is 203 Å². The van der Waals surface area contributed by atoms with E-state index in [0.29, 0.717) is 6.04 Å². The van der Waals surface area contributed by atoms with Crippen LogP contribution in [0.5, 0.6) is 0 Å². The number of nitrogens with one attached hydrogen (secondary N) is 2. The Bertz CT molecular complexity index is 655. The van der Waals surface area contributed by atoms with Crippen molar-refractivity contribution in [3.63, 3.8) is 0 Å². The van der Waals surface area contributed by atoms with Crippen LogP contribution in [0.15, 0.2) is 23.2 Å². The molecule has 0 amide bonds. The molecule has 1 aromatic heterocycles. The van der Waals surface area contributed by atoms with Gasteiger partial charge in [0.15, 0.2) is 5.96 Å². The first-order valence-corrected chi connectivity index (χ1v) is 12.1. The Kier molecular flexibility index (Phi) is 11.0. The van der Waals surface area contributed by atoms with Crippen molar-refractivity contribution in [1.82, 2.24) is 15.6 Å². The SMILES string of the molecule is CCNC(=NCC1(SCC)CCOCC1)NC1CCN(c2cccc(C)n2)CC1.I. The standard InChI is InChI=1S/C22H37N5OS.HI/c1-4-23-21(24-17-22(29-5-2)11-15-28-16-12-22)26-19-9-13-27(14-10-19)20-8-6-7-18(3)25-20;/h6-8,19H,4-5,9-17H2,1-3H3,(H2,23,24,26);1H. The summed E-state index contributed by atoms with van der Waals surface area (Å²) in [5, 5.41) is 7.14. The first-order valence-electron chi connectivity index (χ1n) is 11.1. The zero-order valence-corrected chi connectivity index (χ0v) is 21.8. The highest BCUT2D eigenvalue weighted by Gasteiger charge is 2.32. The van der Waals surface area contributed by atoms with Gasteiger partial charge in [-0.05, 0) is 57.4 Å². The number of pyridine rings is 1. The molecule has 3 rings (SSSR count). The molecule has 2 saturated heterocycles. The number of thioether (sulfide) groups is 1. The molecule has 6 nitrogen and oxygen atoms in total. The van der Waals surface area contributed by atoms with Gasteiger partial charge in [0.05, 0.1) is 6.54 Å². The minimum absolute atomic E-state index is 0. The van der Waals surface area contributed by atoms with E-state index in [4.69, 9.17) is 9.73 Å². The quantitative estimate of drug-likeness (QED) is 0.308. The molecule has 1 aromatic rings. The minimum Gasteiger partial charge on any atom is -0.381 e. The fourth-order valence-corrected chi connectivity index (χ4v) is 5.32. The normalized spacial score (nSPS) is 19.8. The van der Waals surface area contributed by atoms with Crippen LogP contribution in [0.1, 0.15) is 45.2 Å². The first kappa shape index (κ1) is 25.5. The Morgan fingerprint density at radius 2 is 2.00 bits per heavy atom. The van der Waals surface area contributed by atoms with Crippen molar-refractivity contribution in [3.05, 3.63) is 23.9 Å². The molecule has 0 aromatic carbocycles. The molecular weight excluding hydrogens is 509 g/mol. The number of aromatic nitrogens is 1. The lowest BCUT2D eigenvalue weighted by molar-refractivity contribution is 0.0793. The Balaban J connectivity index is 0.00000320. The van der Waals surface area contributed by atoms with Crippen LogP contribution in [0.4, 0.5) is 5.82 Å². The number of aryl methyl sites for hydroxylation is 1. The molecule has 2 aliphatic heterocycles. The highest BCUT2D eigenvalue weighted by Crippen LogP contribution is 2.35. The first-order chi connectivity index (χ1) is 14.1. The van der Waals surface area contributed by atoms with E-state index in [0.717, 1.165) is 88.3 Å². The number of rotatable bonds is 7. The summed E-state index contributed by atoms with van der Waals surface area (Å²) in [6.45, 7) is 11.9. The molecular formula is C22H38IN5OS. The molecule has 0 atom stereocenters. The van der Waals surface area contributed by atoms with Crippen molar-refractivity contribution in [2.24, 2.45) is 4.99 Å². The number of halogens is 1. The van der Waals surface area contributed by atoms with Crippen LogP contribution >= 0.6 is 35.7 Å². The summed E-state index contributed by atoms with van der Waals surface area (Å²) in [5.74, 6) is 3.19. The van der Waals surface area contributed by atoms with Crippen molar-refractivity contribution >= 4 is 47.5 Å². The number of nitrogens with zero attached hydrogens (tertiary/aromatic N) is 3. The maximum absolute atomic E-state index is 5.60. The number of hydrogen-bond donors (Lipinski definition) is 2. The van der Waals surface area contributed by atoms with Crippen LogP contribution in [0.3, 0.4) is 0 Å². The molecule has 30 heavy (non-hydrogen) atoms. The van der Waals surface area contributed by atoms with Crippen molar-refractivity contribution in [2.45, 2.75) is 57.2 Å². The topological polar surface area (TPSA) is 61.8 Å². The van der Waals surface area contributed by atoms with Gasteiger partial charge in [0.25, 0.3) is 0 Å². The monoisotopic (exact) mass is 547 g/mol. The van der Waals surface area contributed by atoms with E-state index in [9.17, 15) is 0 Å². The fraction of sp³-hybridized carbons (Fsp3) is 0.727. The van der Waals surface area contributed by atoms with Gasteiger partial charge in [0.2, 0.25) is 0 Å². The molecule has 0 spiro atoms. The number of hydrogen-bond acceptors (Lipinski definition) is 5. The van der Waals surface area contributed by atoms with E-state index in [-0.39, 0.29) is 28.7 Å². The van der Waals surface area contributed by atoms with Crippen LogP contribution < -0.4 is 15.5 Å². The van der Waals surface area contributed by atoms with Crippen molar-refractivity contribution in [3.8, 4) is 0 Å². The van der Waals surface area contributed by atoms with E-state index in [1.807, 2.05) is 11.8 Å². The highest BCUT2D eigenvalue weighted by molar-refractivity contribution is 14.0. The third-order valence-corrected chi connectivity index (χ3v) is 7.20. The Morgan fingerprint density at radius 1 is 1.27 bits per heavy atom. The van der Waals surface area contributed by atoms with E-state index in [1.165, 1.54) is 0 Å². The number of piperidine rings is 1. The van der Waals surface area contributed by atoms with Gasteiger partial charge in [-0.2, -0.15) is 11.8 Å². The zero-order chi connectivity index (χ0) is 20.5. The van der Waals surface area contributed by atoms with Gasteiger partial charge >= 0.3 is 0 Å². The maximum atomic E-state index is 5.60. The van der Waals surface area contributed by atoms with Gasteiger partial charge in [-0.15, -0.1) is 24.0 Å². The zero-order valence-electron chi connectivity index (χ0n) is 18.7. The van der Waals surface area contributed by atoms with Crippen molar-refractivity contribution in [1.29, 1.82) is 0 Å². The summed E-state index contributed by atoms with van der Waals surface area (Å²) < 4.78 is 5.83. The highest BCUT2D eigenvalue weighted by atomic mass is 127. The number of ether oxygens (including phenoxy) is 1. The van der Waals surface area contributed by atoms with E-state index in [2.05, 4.69) is 59.5 Å². The predicted octanol–water partition coefficient (Wildman–Crippen LogP) is 3.83. The minimum atomic E-state index is 0. The van der Waals surface area contributed by atoms with Gasteiger partial charge < -0.3 is 20.3 Å². The van der Waals surface area contributed by atoms with Crippen molar-refractivity contribution in [2.75, 3.05) is 50.0 Å².